The minimum atomic E-state index is -0.927. The number of hydrogen-bond acceptors (Lipinski definition) is 3. The smallest absolute Gasteiger partial charge is 0.143 e. The second-order valence-electron chi connectivity index (χ2n) is 10.9. The average molecular weight is 443 g/mol. The molecule has 0 aliphatic carbocycles. The molecule has 1 heterocycles. The topological polar surface area (TPSA) is 58.3 Å². The van der Waals surface area contributed by atoms with Crippen LogP contribution in [0.4, 0.5) is 0 Å². The molecule has 0 spiro atoms. The molecule has 0 aliphatic heterocycles. The summed E-state index contributed by atoms with van der Waals surface area (Å²) in [6, 6.07) is 22.1. The minimum Gasteiger partial charge on any atom is -0.507 e. The average Bonchev–Trinajstić information content (AvgIpc) is 3.11. The molecule has 4 rings (SSSR count). The summed E-state index contributed by atoms with van der Waals surface area (Å²) in [5, 5.41) is 22.8. The Balaban J connectivity index is 1.90. The van der Waals surface area contributed by atoms with Gasteiger partial charge < -0.3 is 14.8 Å². The summed E-state index contributed by atoms with van der Waals surface area (Å²) in [4.78, 5) is 4.84. The Morgan fingerprint density at radius 3 is 1.94 bits per heavy atom. The van der Waals surface area contributed by atoms with Gasteiger partial charge in [-0.1, -0.05) is 84.0 Å². The molecule has 2 N–H and O–H groups in total. The molecule has 172 valence electrons. The molecule has 0 saturated carbocycles. The Morgan fingerprint density at radius 1 is 0.818 bits per heavy atom. The highest BCUT2D eigenvalue weighted by atomic mass is 16.3. The van der Waals surface area contributed by atoms with Gasteiger partial charge in [-0.15, -0.1) is 0 Å². The van der Waals surface area contributed by atoms with E-state index in [1.165, 1.54) is 0 Å². The second kappa shape index (κ2) is 8.35. The minimum absolute atomic E-state index is 0.274. The maximum Gasteiger partial charge on any atom is 0.143 e. The summed E-state index contributed by atoms with van der Waals surface area (Å²) in [6.45, 7) is 13.1. The van der Waals surface area contributed by atoms with Gasteiger partial charge in [0.1, 0.15) is 17.7 Å². The Labute approximate surface area is 196 Å². The lowest BCUT2D eigenvalue weighted by Crippen LogP contribution is -2.19. The third kappa shape index (κ3) is 4.53. The second-order valence-corrected chi connectivity index (χ2v) is 10.9. The van der Waals surface area contributed by atoms with Crippen LogP contribution in [0.25, 0.3) is 11.0 Å². The van der Waals surface area contributed by atoms with Gasteiger partial charge in [0.05, 0.1) is 11.0 Å². The molecular weight excluding hydrogens is 408 g/mol. The molecule has 0 radical (unpaired) electrons. The number of phenols is 1. The van der Waals surface area contributed by atoms with Crippen LogP contribution in [-0.2, 0) is 17.4 Å². The highest BCUT2D eigenvalue weighted by Gasteiger charge is 2.29. The molecule has 4 heteroatoms. The van der Waals surface area contributed by atoms with Gasteiger partial charge in [-0.25, -0.2) is 4.98 Å². The quantitative estimate of drug-likeness (QED) is 0.381. The number of aromatic hydroxyl groups is 1. The number of nitrogens with zero attached hydrogens (tertiary/aromatic N) is 2. The molecular formula is C29H34N2O2. The Bertz CT molecular complexity index is 1240. The van der Waals surface area contributed by atoms with Crippen LogP contribution >= 0.6 is 0 Å². The number of imidazole rings is 1. The summed E-state index contributed by atoms with van der Waals surface area (Å²) >= 11 is 0. The zero-order valence-corrected chi connectivity index (χ0v) is 20.4. The van der Waals surface area contributed by atoms with Crippen molar-refractivity contribution in [3.05, 3.63) is 94.8 Å². The first-order chi connectivity index (χ1) is 15.5. The van der Waals surface area contributed by atoms with Gasteiger partial charge in [-0.05, 0) is 57.3 Å². The van der Waals surface area contributed by atoms with Crippen LogP contribution in [0, 0.1) is 0 Å². The van der Waals surface area contributed by atoms with Crippen molar-refractivity contribution in [2.75, 3.05) is 0 Å². The van der Waals surface area contributed by atoms with Gasteiger partial charge in [-0.2, -0.15) is 0 Å². The standard InChI is InChI=1S/C29H34N2O2/c1-28(2,3)21-16-20(17-22(26(21)33)29(4,5)6)25(32)27-30-23-14-10-11-15-24(23)31(27)18-19-12-8-7-9-13-19/h7-17,25,32-33H,18H2,1-6H3/t25-/m1/s1. The van der Waals surface area contributed by atoms with Crippen molar-refractivity contribution in [1.29, 1.82) is 0 Å². The monoisotopic (exact) mass is 442 g/mol. The molecule has 4 nitrogen and oxygen atoms in total. The fraction of sp³-hybridized carbons (Fsp3) is 0.345. The fourth-order valence-electron chi connectivity index (χ4n) is 4.34. The van der Waals surface area contributed by atoms with Crippen molar-refractivity contribution in [1.82, 2.24) is 9.55 Å². The number of aliphatic hydroxyl groups is 1. The maximum absolute atomic E-state index is 11.7. The van der Waals surface area contributed by atoms with E-state index in [1.807, 2.05) is 54.6 Å². The van der Waals surface area contributed by atoms with E-state index in [4.69, 9.17) is 4.98 Å². The Morgan fingerprint density at radius 2 is 1.36 bits per heavy atom. The largest absolute Gasteiger partial charge is 0.507 e. The van der Waals surface area contributed by atoms with Gasteiger partial charge in [0.15, 0.2) is 0 Å². The molecule has 0 unspecified atom stereocenters. The Kier molecular flexibility index (Phi) is 5.83. The molecule has 0 saturated heterocycles. The van der Waals surface area contributed by atoms with Crippen molar-refractivity contribution in [2.24, 2.45) is 0 Å². The normalized spacial score (nSPS) is 13.4. The molecule has 0 amide bonds. The van der Waals surface area contributed by atoms with E-state index in [9.17, 15) is 10.2 Å². The number of aliphatic hydroxyl groups excluding tert-OH is 1. The number of benzene rings is 3. The van der Waals surface area contributed by atoms with E-state index in [0.717, 1.165) is 33.3 Å². The van der Waals surface area contributed by atoms with Crippen molar-refractivity contribution < 1.29 is 10.2 Å². The van der Waals surface area contributed by atoms with E-state index in [2.05, 4.69) is 58.2 Å². The number of hydrogen-bond donors (Lipinski definition) is 2. The van der Waals surface area contributed by atoms with Gasteiger partial charge in [-0.3, -0.25) is 0 Å². The highest BCUT2D eigenvalue weighted by Crippen LogP contribution is 2.41. The zero-order valence-electron chi connectivity index (χ0n) is 20.4. The fourth-order valence-corrected chi connectivity index (χ4v) is 4.34. The Hall–Kier alpha value is -3.11. The molecule has 0 fully saturated rings. The molecule has 4 aromatic rings. The first-order valence-corrected chi connectivity index (χ1v) is 11.5. The maximum atomic E-state index is 11.7. The van der Waals surface area contributed by atoms with Crippen molar-refractivity contribution in [3.8, 4) is 5.75 Å². The van der Waals surface area contributed by atoms with Crippen LogP contribution in [0.1, 0.15) is 75.7 Å². The molecule has 33 heavy (non-hydrogen) atoms. The number of rotatable bonds is 4. The highest BCUT2D eigenvalue weighted by molar-refractivity contribution is 5.76. The third-order valence-corrected chi connectivity index (χ3v) is 6.18. The first kappa shape index (κ1) is 23.1. The van der Waals surface area contributed by atoms with Crippen LogP contribution in [0.5, 0.6) is 5.75 Å². The van der Waals surface area contributed by atoms with E-state index < -0.39 is 6.10 Å². The molecule has 1 atom stereocenters. The molecule has 1 aromatic heterocycles. The van der Waals surface area contributed by atoms with Crippen molar-refractivity contribution >= 4 is 11.0 Å². The molecule has 3 aromatic carbocycles. The lowest BCUT2D eigenvalue weighted by atomic mass is 9.78. The summed E-state index contributed by atoms with van der Waals surface area (Å²) in [6.07, 6.45) is -0.927. The molecule has 0 bridgehead atoms. The molecule has 0 aliphatic rings. The van der Waals surface area contributed by atoms with E-state index in [1.54, 1.807) is 0 Å². The van der Waals surface area contributed by atoms with Crippen LogP contribution < -0.4 is 0 Å². The van der Waals surface area contributed by atoms with Gasteiger partial charge >= 0.3 is 0 Å². The zero-order chi connectivity index (χ0) is 24.0. The predicted molar refractivity (Wildman–Crippen MR) is 135 cm³/mol. The third-order valence-electron chi connectivity index (χ3n) is 6.18. The van der Waals surface area contributed by atoms with E-state index in [0.29, 0.717) is 18.1 Å². The van der Waals surface area contributed by atoms with Crippen molar-refractivity contribution in [3.63, 3.8) is 0 Å². The van der Waals surface area contributed by atoms with Gasteiger partial charge in [0.25, 0.3) is 0 Å². The number of para-hydroxylation sites is 2. The number of phenolic OH excluding ortho intramolecular Hbond substituents is 1. The first-order valence-electron chi connectivity index (χ1n) is 11.5. The van der Waals surface area contributed by atoms with Crippen molar-refractivity contribution in [2.45, 2.75) is 65.0 Å². The van der Waals surface area contributed by atoms with E-state index in [-0.39, 0.29) is 10.8 Å². The van der Waals surface area contributed by atoms with Crippen LogP contribution in [0.15, 0.2) is 66.7 Å². The summed E-state index contributed by atoms with van der Waals surface area (Å²) in [7, 11) is 0. The van der Waals surface area contributed by atoms with Crippen LogP contribution in [-0.4, -0.2) is 19.8 Å². The summed E-state index contributed by atoms with van der Waals surface area (Å²) < 4.78 is 2.09. The number of fused-ring (bicyclic) bond motifs is 1. The summed E-state index contributed by atoms with van der Waals surface area (Å²) in [5.41, 5.74) is 4.84. The SMILES string of the molecule is CC(C)(C)c1cc([C@@H](O)c2nc3ccccc3n2Cc2ccccc2)cc(C(C)(C)C)c1O. The summed E-state index contributed by atoms with van der Waals surface area (Å²) in [5.74, 6) is 0.911. The van der Waals surface area contributed by atoms with E-state index >= 15 is 0 Å². The van der Waals surface area contributed by atoms with Crippen LogP contribution in [0.3, 0.4) is 0 Å². The lowest BCUT2D eigenvalue weighted by Gasteiger charge is -2.29. The number of aromatic nitrogens is 2. The van der Waals surface area contributed by atoms with Gasteiger partial charge in [0, 0.05) is 6.54 Å². The predicted octanol–water partition coefficient (Wildman–Crippen LogP) is 6.47. The van der Waals surface area contributed by atoms with Gasteiger partial charge in [0.2, 0.25) is 0 Å². The van der Waals surface area contributed by atoms with Crippen LogP contribution in [0.2, 0.25) is 0 Å². The lowest BCUT2D eigenvalue weighted by molar-refractivity contribution is 0.205.